The number of hydrogen-bond acceptors (Lipinski definition) is 14. The van der Waals surface area contributed by atoms with Crippen molar-refractivity contribution in [2.75, 3.05) is 85.8 Å². The predicted molar refractivity (Wildman–Crippen MR) is 238 cm³/mol. The van der Waals surface area contributed by atoms with Crippen molar-refractivity contribution >= 4 is 28.5 Å². The molecule has 0 bridgehead atoms. The van der Waals surface area contributed by atoms with Gasteiger partial charge in [0.25, 0.3) is 11.5 Å². The van der Waals surface area contributed by atoms with Crippen molar-refractivity contribution in [3.8, 4) is 22.9 Å². The van der Waals surface area contributed by atoms with Crippen LogP contribution in [0.15, 0.2) is 63.5 Å². The fourth-order valence-electron chi connectivity index (χ4n) is 7.56. The Morgan fingerprint density at radius 3 is 2.12 bits per heavy atom. The van der Waals surface area contributed by atoms with E-state index in [-0.39, 0.29) is 30.7 Å². The lowest BCUT2D eigenvalue weighted by atomic mass is 9.90. The van der Waals surface area contributed by atoms with Gasteiger partial charge in [-0.1, -0.05) is 32.8 Å². The van der Waals surface area contributed by atoms with Crippen LogP contribution >= 0.6 is 0 Å². The third kappa shape index (κ3) is 12.4. The molecule has 0 fully saturated rings. The molecule has 0 aliphatic carbocycles. The molecule has 6 rings (SSSR count). The van der Waals surface area contributed by atoms with Gasteiger partial charge < -0.3 is 42.5 Å². The van der Waals surface area contributed by atoms with Crippen molar-refractivity contribution in [1.82, 2.24) is 15.0 Å². The van der Waals surface area contributed by atoms with Crippen LogP contribution < -0.4 is 20.5 Å². The summed E-state index contributed by atoms with van der Waals surface area (Å²) in [7, 11) is 0. The van der Waals surface area contributed by atoms with Gasteiger partial charge in [-0.3, -0.25) is 14.4 Å². The van der Waals surface area contributed by atoms with Crippen LogP contribution in [0.5, 0.6) is 11.5 Å². The Labute approximate surface area is 371 Å². The Morgan fingerprint density at radius 1 is 0.859 bits per heavy atom. The maximum atomic E-state index is 13.7. The molecule has 1 amide bonds. The standard InChI is InChI=1S/C46H57N7O11/c1-5-34-37-25-33(11-12-40(37)49-44-38(34)27-53-41(44)26-36-35(6-2)46(56)64-28-39(36)45(53)55)63-29-42(54)50-51-43(30(3)4)31-7-9-32(10-8-31)62-24-23-61-22-21-60-20-19-59-18-17-58-16-15-57-14-13-48-52-47/h7-12,25-26,30,35H,5-6,13-24,27-29H2,1-4H3,(H,50,54)/b51-43+. The summed E-state index contributed by atoms with van der Waals surface area (Å²) in [5.41, 5.74) is 17.7. The average Bonchev–Trinajstić information content (AvgIpc) is 3.66. The number of carbonyl (C=O) groups excluding carboxylic acids is 2. The average molecular weight is 884 g/mol. The number of esters is 1. The first-order chi connectivity index (χ1) is 31.2. The SMILES string of the molecule is CCc1c2c(nc3ccc(OCC(=O)N/N=C(/c4ccc(OCCOCCOCCOCCOCCOCCN=[N+]=[N-])cc4)C(C)C)cc13)-c1cc3c(c(=O)n1C2)COC(=O)C3CC. The molecule has 1 atom stereocenters. The van der Waals surface area contributed by atoms with Crippen LogP contribution in [0.2, 0.25) is 0 Å². The second kappa shape index (κ2) is 24.3. The largest absolute Gasteiger partial charge is 0.491 e. The molecule has 64 heavy (non-hydrogen) atoms. The lowest BCUT2D eigenvalue weighted by Gasteiger charge is -2.24. The number of pyridine rings is 2. The number of nitrogens with zero attached hydrogens (tertiary/aromatic N) is 6. The monoisotopic (exact) mass is 883 g/mol. The van der Waals surface area contributed by atoms with E-state index in [2.05, 4.69) is 27.5 Å². The Hall–Kier alpha value is -5.88. The summed E-state index contributed by atoms with van der Waals surface area (Å²) in [5.74, 6) is 0.0161. The quantitative estimate of drug-likeness (QED) is 0.0125. The zero-order chi connectivity index (χ0) is 45.3. The van der Waals surface area contributed by atoms with E-state index in [4.69, 9.17) is 48.4 Å². The van der Waals surface area contributed by atoms with Crippen molar-refractivity contribution in [1.29, 1.82) is 0 Å². The van der Waals surface area contributed by atoms with Gasteiger partial charge in [0.05, 0.1) is 107 Å². The molecule has 2 aromatic heterocycles. The van der Waals surface area contributed by atoms with E-state index in [0.29, 0.717) is 127 Å². The van der Waals surface area contributed by atoms with Gasteiger partial charge in [0.2, 0.25) is 0 Å². The van der Waals surface area contributed by atoms with Gasteiger partial charge in [-0.05, 0) is 89.5 Å². The van der Waals surface area contributed by atoms with Gasteiger partial charge in [-0.2, -0.15) is 5.10 Å². The van der Waals surface area contributed by atoms with Crippen LogP contribution in [-0.2, 0) is 57.6 Å². The molecule has 2 aliphatic heterocycles. The topological polar surface area (TPSA) is 216 Å². The fraction of sp³-hybridized carbons (Fsp3) is 0.500. The van der Waals surface area contributed by atoms with Crippen molar-refractivity contribution in [2.45, 2.75) is 59.6 Å². The van der Waals surface area contributed by atoms with Gasteiger partial charge in [0.1, 0.15) is 24.7 Å². The highest BCUT2D eigenvalue weighted by molar-refractivity contribution is 6.02. The van der Waals surface area contributed by atoms with E-state index < -0.39 is 11.8 Å². The van der Waals surface area contributed by atoms with Crippen LogP contribution in [0, 0.1) is 5.92 Å². The number of carbonyl (C=O) groups is 2. The molecular formula is C46H57N7O11. The molecular weight excluding hydrogens is 827 g/mol. The molecule has 0 saturated carbocycles. The first-order valence-corrected chi connectivity index (χ1v) is 21.7. The number of benzene rings is 2. The molecule has 1 unspecified atom stereocenters. The minimum Gasteiger partial charge on any atom is -0.491 e. The van der Waals surface area contributed by atoms with Gasteiger partial charge in [-0.15, -0.1) is 0 Å². The van der Waals surface area contributed by atoms with Gasteiger partial charge in [0.15, 0.2) is 6.61 Å². The van der Waals surface area contributed by atoms with E-state index in [1.165, 1.54) is 0 Å². The van der Waals surface area contributed by atoms with Gasteiger partial charge in [-0.25, -0.2) is 10.4 Å². The predicted octanol–water partition coefficient (Wildman–Crippen LogP) is 5.87. The molecule has 2 aliphatic rings. The minimum atomic E-state index is -0.473. The van der Waals surface area contributed by atoms with Crippen LogP contribution in [0.25, 0.3) is 32.7 Å². The second-order valence-corrected chi connectivity index (χ2v) is 15.2. The van der Waals surface area contributed by atoms with Crippen molar-refractivity contribution < 1.29 is 47.5 Å². The Kier molecular flexibility index (Phi) is 18.0. The van der Waals surface area contributed by atoms with Gasteiger partial charge in [0, 0.05) is 22.4 Å². The second-order valence-electron chi connectivity index (χ2n) is 15.2. The Morgan fingerprint density at radius 2 is 1.50 bits per heavy atom. The number of hydrogen-bond donors (Lipinski definition) is 1. The van der Waals surface area contributed by atoms with E-state index in [0.717, 1.165) is 38.9 Å². The number of aromatic nitrogens is 2. The number of fused-ring (bicyclic) bond motifs is 5. The fourth-order valence-corrected chi connectivity index (χ4v) is 7.56. The number of hydrazone groups is 1. The zero-order valence-corrected chi connectivity index (χ0v) is 37.0. The third-order valence-corrected chi connectivity index (χ3v) is 10.7. The number of amides is 1. The maximum Gasteiger partial charge on any atom is 0.313 e. The van der Waals surface area contributed by atoms with Gasteiger partial charge >= 0.3 is 5.97 Å². The molecule has 18 nitrogen and oxygen atoms in total. The van der Waals surface area contributed by atoms with E-state index in [1.807, 2.05) is 63.2 Å². The maximum absolute atomic E-state index is 13.7. The Bertz CT molecular complexity index is 2360. The molecule has 0 radical (unpaired) electrons. The summed E-state index contributed by atoms with van der Waals surface area (Å²) in [6.07, 6.45) is 1.23. The highest BCUT2D eigenvalue weighted by Gasteiger charge is 2.34. The summed E-state index contributed by atoms with van der Waals surface area (Å²) in [4.78, 5) is 46.8. The van der Waals surface area contributed by atoms with Crippen molar-refractivity contribution in [2.24, 2.45) is 16.1 Å². The van der Waals surface area contributed by atoms with Crippen molar-refractivity contribution in [3.63, 3.8) is 0 Å². The van der Waals surface area contributed by atoms with E-state index in [9.17, 15) is 14.4 Å². The molecule has 18 heteroatoms. The van der Waals surface area contributed by atoms with Crippen LogP contribution in [0.3, 0.4) is 0 Å². The normalized spacial score (nSPS) is 14.2. The molecule has 1 N–H and O–H groups in total. The zero-order valence-electron chi connectivity index (χ0n) is 37.0. The molecule has 0 saturated heterocycles. The number of ether oxygens (including phenoxy) is 8. The first-order valence-electron chi connectivity index (χ1n) is 21.7. The smallest absolute Gasteiger partial charge is 0.313 e. The highest BCUT2D eigenvalue weighted by atomic mass is 16.6. The highest BCUT2D eigenvalue weighted by Crippen LogP contribution is 2.39. The number of cyclic esters (lactones) is 1. The molecule has 0 spiro atoms. The summed E-state index contributed by atoms with van der Waals surface area (Å²) in [6.45, 7) is 13.1. The van der Waals surface area contributed by atoms with Crippen LogP contribution in [-0.4, -0.2) is 113 Å². The number of azide groups is 1. The Balaban J connectivity index is 0.910. The van der Waals surface area contributed by atoms with E-state index >= 15 is 0 Å². The summed E-state index contributed by atoms with van der Waals surface area (Å²) in [6, 6.07) is 15.0. The lowest BCUT2D eigenvalue weighted by Crippen LogP contribution is -2.32. The van der Waals surface area contributed by atoms with Crippen LogP contribution in [0.4, 0.5) is 0 Å². The minimum absolute atomic E-state index is 0.0158. The first kappa shape index (κ1) is 47.6. The number of nitrogens with one attached hydrogen (secondary N) is 1. The van der Waals surface area contributed by atoms with Crippen molar-refractivity contribution in [3.05, 3.63) is 97.1 Å². The van der Waals surface area contributed by atoms with E-state index in [1.54, 1.807) is 10.6 Å². The third-order valence-electron chi connectivity index (χ3n) is 10.7. The lowest BCUT2D eigenvalue weighted by molar-refractivity contribution is -0.148. The number of rotatable bonds is 27. The molecule has 2 aromatic carbocycles. The molecule has 4 heterocycles. The summed E-state index contributed by atoms with van der Waals surface area (Å²) < 4.78 is 46.1. The van der Waals surface area contributed by atoms with Crippen LogP contribution in [0.1, 0.15) is 67.9 Å². The summed E-state index contributed by atoms with van der Waals surface area (Å²) >= 11 is 0. The molecule has 4 aromatic rings. The molecule has 342 valence electrons. The summed E-state index contributed by atoms with van der Waals surface area (Å²) in [5, 5.41) is 8.72. The number of aryl methyl sites for hydroxylation is 1.